The molecule has 0 bridgehead atoms. The average molecular weight is 315 g/mol. The van der Waals surface area contributed by atoms with Gasteiger partial charge in [-0.1, -0.05) is 49.6 Å². The minimum absolute atomic E-state index is 0.254. The second-order valence-electron chi connectivity index (χ2n) is 7.19. The molecule has 1 aromatic rings. The Morgan fingerprint density at radius 2 is 1.70 bits per heavy atom. The zero-order valence-corrected chi connectivity index (χ0v) is 14.2. The number of amides is 1. The van der Waals surface area contributed by atoms with Crippen LogP contribution in [0, 0.1) is 0 Å². The van der Waals surface area contributed by atoms with Crippen molar-refractivity contribution in [1.82, 2.24) is 5.32 Å². The lowest BCUT2D eigenvalue weighted by Gasteiger charge is -2.38. The van der Waals surface area contributed by atoms with E-state index in [1.165, 1.54) is 12.0 Å². The van der Waals surface area contributed by atoms with E-state index in [1.807, 2.05) is 6.07 Å². The van der Waals surface area contributed by atoms with Crippen LogP contribution in [0.1, 0.15) is 63.4 Å². The first-order chi connectivity index (χ1) is 11.2. The molecule has 3 rings (SSSR count). The second kappa shape index (κ2) is 7.48. The summed E-state index contributed by atoms with van der Waals surface area (Å²) >= 11 is 0. The van der Waals surface area contributed by atoms with Crippen LogP contribution in [0.3, 0.4) is 0 Å². The van der Waals surface area contributed by atoms with Crippen molar-refractivity contribution in [3.8, 4) is 0 Å². The standard InChI is InChI=1S/C20H29NO2/c1-23-18-12-10-17(11-13-18)21-19(22)20(14-6-3-7-15-20)16-8-4-2-5-9-16/h2,4-5,8-9,17-18H,3,6-7,10-15H2,1H3,(H,21,22). The highest BCUT2D eigenvalue weighted by atomic mass is 16.5. The molecule has 0 heterocycles. The summed E-state index contributed by atoms with van der Waals surface area (Å²) in [7, 11) is 1.79. The van der Waals surface area contributed by atoms with Crippen LogP contribution in [0.4, 0.5) is 0 Å². The minimum Gasteiger partial charge on any atom is -0.381 e. The second-order valence-corrected chi connectivity index (χ2v) is 7.19. The van der Waals surface area contributed by atoms with Gasteiger partial charge in [0.15, 0.2) is 0 Å². The highest BCUT2D eigenvalue weighted by molar-refractivity contribution is 5.88. The zero-order chi connectivity index (χ0) is 16.1. The van der Waals surface area contributed by atoms with E-state index < -0.39 is 0 Å². The van der Waals surface area contributed by atoms with Crippen LogP contribution in [-0.4, -0.2) is 25.2 Å². The molecule has 1 amide bonds. The highest BCUT2D eigenvalue weighted by Gasteiger charge is 2.41. The van der Waals surface area contributed by atoms with Crippen molar-refractivity contribution < 1.29 is 9.53 Å². The van der Waals surface area contributed by atoms with Gasteiger partial charge in [0.25, 0.3) is 0 Å². The van der Waals surface area contributed by atoms with Gasteiger partial charge in [-0.25, -0.2) is 0 Å². The summed E-state index contributed by atoms with van der Waals surface area (Å²) < 4.78 is 5.44. The van der Waals surface area contributed by atoms with Crippen molar-refractivity contribution >= 4 is 5.91 Å². The van der Waals surface area contributed by atoms with Gasteiger partial charge in [-0.2, -0.15) is 0 Å². The summed E-state index contributed by atoms with van der Waals surface area (Å²) in [5.41, 5.74) is 0.889. The number of carbonyl (C=O) groups is 1. The van der Waals surface area contributed by atoms with Gasteiger partial charge in [0, 0.05) is 13.2 Å². The van der Waals surface area contributed by atoms with Crippen LogP contribution >= 0.6 is 0 Å². The summed E-state index contributed by atoms with van der Waals surface area (Å²) in [6.07, 6.45) is 10.1. The number of hydrogen-bond donors (Lipinski definition) is 1. The molecule has 0 atom stereocenters. The zero-order valence-electron chi connectivity index (χ0n) is 14.2. The number of benzene rings is 1. The fraction of sp³-hybridized carbons (Fsp3) is 0.650. The van der Waals surface area contributed by atoms with E-state index in [9.17, 15) is 4.79 Å². The van der Waals surface area contributed by atoms with E-state index in [0.717, 1.165) is 51.4 Å². The van der Waals surface area contributed by atoms with E-state index in [0.29, 0.717) is 12.1 Å². The largest absolute Gasteiger partial charge is 0.381 e. The molecule has 2 aliphatic carbocycles. The Hall–Kier alpha value is -1.35. The maximum absolute atomic E-state index is 13.2. The van der Waals surface area contributed by atoms with Crippen LogP contribution in [-0.2, 0) is 14.9 Å². The van der Waals surface area contributed by atoms with E-state index in [-0.39, 0.29) is 11.3 Å². The first kappa shape index (κ1) is 16.5. The van der Waals surface area contributed by atoms with Gasteiger partial charge in [-0.3, -0.25) is 4.79 Å². The average Bonchev–Trinajstić information content (AvgIpc) is 2.63. The third-order valence-corrected chi connectivity index (χ3v) is 5.81. The lowest BCUT2D eigenvalue weighted by Crippen LogP contribution is -2.50. The molecule has 0 unspecified atom stereocenters. The first-order valence-electron chi connectivity index (χ1n) is 9.14. The fourth-order valence-corrected chi connectivity index (χ4v) is 4.33. The van der Waals surface area contributed by atoms with Crippen LogP contribution in [0.5, 0.6) is 0 Å². The van der Waals surface area contributed by atoms with Gasteiger partial charge >= 0.3 is 0 Å². The summed E-state index contributed by atoms with van der Waals surface area (Å²) in [4.78, 5) is 13.2. The molecule has 3 heteroatoms. The molecular formula is C20H29NO2. The SMILES string of the molecule is COC1CCC(NC(=O)C2(c3ccccc3)CCCCC2)CC1. The maximum atomic E-state index is 13.2. The van der Waals surface area contributed by atoms with Crippen molar-refractivity contribution in [3.05, 3.63) is 35.9 Å². The summed E-state index contributed by atoms with van der Waals surface area (Å²) in [5.74, 6) is 0.254. The number of methoxy groups -OCH3 is 1. The Kier molecular flexibility index (Phi) is 5.37. The van der Waals surface area contributed by atoms with Crippen LogP contribution in [0.25, 0.3) is 0 Å². The number of hydrogen-bond acceptors (Lipinski definition) is 2. The Morgan fingerprint density at radius 3 is 2.30 bits per heavy atom. The number of ether oxygens (including phenoxy) is 1. The van der Waals surface area contributed by atoms with Crippen molar-refractivity contribution in [2.24, 2.45) is 0 Å². The predicted molar refractivity (Wildman–Crippen MR) is 92.4 cm³/mol. The highest BCUT2D eigenvalue weighted by Crippen LogP contribution is 2.40. The van der Waals surface area contributed by atoms with Gasteiger partial charge in [0.05, 0.1) is 11.5 Å². The fourth-order valence-electron chi connectivity index (χ4n) is 4.33. The van der Waals surface area contributed by atoms with Crippen molar-refractivity contribution in [2.75, 3.05) is 7.11 Å². The van der Waals surface area contributed by atoms with Crippen molar-refractivity contribution in [3.63, 3.8) is 0 Å². The number of nitrogens with one attached hydrogen (secondary N) is 1. The van der Waals surface area contributed by atoms with Gasteiger partial charge in [-0.05, 0) is 44.1 Å². The molecule has 2 saturated carbocycles. The molecule has 23 heavy (non-hydrogen) atoms. The molecule has 2 aliphatic rings. The molecule has 0 radical (unpaired) electrons. The van der Waals surface area contributed by atoms with Gasteiger partial charge < -0.3 is 10.1 Å². The quantitative estimate of drug-likeness (QED) is 0.913. The minimum atomic E-state index is -0.308. The lowest BCUT2D eigenvalue weighted by molar-refractivity contribution is -0.129. The lowest BCUT2D eigenvalue weighted by atomic mass is 9.68. The molecule has 1 N–H and O–H groups in total. The van der Waals surface area contributed by atoms with E-state index in [4.69, 9.17) is 4.74 Å². The van der Waals surface area contributed by atoms with Gasteiger partial charge in [0.1, 0.15) is 0 Å². The maximum Gasteiger partial charge on any atom is 0.230 e. The van der Waals surface area contributed by atoms with Crippen LogP contribution in [0.15, 0.2) is 30.3 Å². The number of rotatable bonds is 4. The molecule has 0 saturated heterocycles. The monoisotopic (exact) mass is 315 g/mol. The summed E-state index contributed by atoms with van der Waals surface area (Å²) in [6, 6.07) is 10.7. The number of carbonyl (C=O) groups excluding carboxylic acids is 1. The molecule has 0 aliphatic heterocycles. The summed E-state index contributed by atoms with van der Waals surface area (Å²) in [6.45, 7) is 0. The van der Waals surface area contributed by atoms with Crippen LogP contribution < -0.4 is 5.32 Å². The molecule has 1 aromatic carbocycles. The Bertz CT molecular complexity index is 500. The van der Waals surface area contributed by atoms with Crippen molar-refractivity contribution in [1.29, 1.82) is 0 Å². The third kappa shape index (κ3) is 3.60. The normalized spacial score (nSPS) is 27.3. The molecule has 0 spiro atoms. The molecule has 0 aromatic heterocycles. The van der Waals surface area contributed by atoms with E-state index >= 15 is 0 Å². The van der Waals surface area contributed by atoms with Gasteiger partial charge in [0.2, 0.25) is 5.91 Å². The smallest absolute Gasteiger partial charge is 0.230 e. The van der Waals surface area contributed by atoms with E-state index in [2.05, 4.69) is 29.6 Å². The molecular weight excluding hydrogens is 286 g/mol. The molecule has 126 valence electrons. The molecule has 2 fully saturated rings. The topological polar surface area (TPSA) is 38.3 Å². The predicted octanol–water partition coefficient (Wildman–Crippen LogP) is 3.96. The van der Waals surface area contributed by atoms with Crippen molar-refractivity contribution in [2.45, 2.75) is 75.3 Å². The Morgan fingerprint density at radius 1 is 1.04 bits per heavy atom. The van der Waals surface area contributed by atoms with Crippen LogP contribution in [0.2, 0.25) is 0 Å². The first-order valence-corrected chi connectivity index (χ1v) is 9.14. The summed E-state index contributed by atoms with van der Waals surface area (Å²) in [5, 5.41) is 3.38. The van der Waals surface area contributed by atoms with Gasteiger partial charge in [-0.15, -0.1) is 0 Å². The Balaban J connectivity index is 1.71. The third-order valence-electron chi connectivity index (χ3n) is 5.81. The molecule has 3 nitrogen and oxygen atoms in total. The Labute approximate surface area is 139 Å². The van der Waals surface area contributed by atoms with E-state index in [1.54, 1.807) is 7.11 Å².